The summed E-state index contributed by atoms with van der Waals surface area (Å²) >= 11 is 0. The number of ether oxygens (including phenoxy) is 2. The Morgan fingerprint density at radius 3 is 2.50 bits per heavy atom. The van der Waals surface area contributed by atoms with Gasteiger partial charge in [0, 0.05) is 39.1 Å². The number of carbonyl (C=O) groups excluding carboxylic acids is 1. The number of nitrogens with zero attached hydrogens (tertiary/aromatic N) is 1. The molecule has 1 amide bonds. The summed E-state index contributed by atoms with van der Waals surface area (Å²) in [6, 6.07) is 0. The average Bonchev–Trinajstić information content (AvgIpc) is 2.73. The third-order valence-corrected chi connectivity index (χ3v) is 8.21. The maximum atomic E-state index is 13.2. The highest BCUT2D eigenvalue weighted by Gasteiger charge is 2.54. The Balaban J connectivity index is 1.85. The Kier molecular flexibility index (Phi) is 9.36. The van der Waals surface area contributed by atoms with Gasteiger partial charge in [-0.15, -0.1) is 0 Å². The number of hydrogen-bond donors (Lipinski definition) is 2. The smallest absolute Gasteiger partial charge is 0.266 e. The number of nitrogens with one attached hydrogen (secondary N) is 1. The molecule has 2 heterocycles. The number of sulfonamides is 1. The van der Waals surface area contributed by atoms with E-state index in [9.17, 15) is 13.2 Å². The van der Waals surface area contributed by atoms with Crippen LogP contribution < -0.4 is 5.48 Å². The molecular weight excluding hydrogens is 384 g/mol. The molecule has 0 unspecified atom stereocenters. The van der Waals surface area contributed by atoms with Crippen molar-refractivity contribution in [2.24, 2.45) is 0 Å². The molecule has 0 saturated carbocycles. The van der Waals surface area contributed by atoms with Gasteiger partial charge in [0.15, 0.2) is 4.75 Å². The van der Waals surface area contributed by atoms with E-state index in [-0.39, 0.29) is 32.2 Å². The summed E-state index contributed by atoms with van der Waals surface area (Å²) < 4.78 is 37.2. The molecule has 0 bridgehead atoms. The van der Waals surface area contributed by atoms with Crippen LogP contribution in [0.25, 0.3) is 0 Å². The van der Waals surface area contributed by atoms with Crippen molar-refractivity contribution in [2.75, 3.05) is 32.9 Å². The Labute approximate surface area is 168 Å². The van der Waals surface area contributed by atoms with Gasteiger partial charge in [-0.1, -0.05) is 31.9 Å². The normalized spacial score (nSPS) is 21.8. The standard InChI is InChI=1S/C19H34N2O6S/c1-2-3-4-5-6-7-14-27-17-8-12-21(13-9-17)28(24,25)19(18(22)20-23)10-15-26-16-11-19/h5-6,17,23H,2-4,7-16H2,1H3,(H,20,22)/b6-5+. The van der Waals surface area contributed by atoms with Gasteiger partial charge in [0.2, 0.25) is 10.0 Å². The molecule has 2 rings (SSSR count). The van der Waals surface area contributed by atoms with Crippen molar-refractivity contribution in [1.82, 2.24) is 9.79 Å². The fourth-order valence-electron chi connectivity index (χ4n) is 3.75. The van der Waals surface area contributed by atoms with Gasteiger partial charge in [-0.3, -0.25) is 10.0 Å². The van der Waals surface area contributed by atoms with E-state index in [0.717, 1.165) is 12.8 Å². The second-order valence-corrected chi connectivity index (χ2v) is 9.67. The van der Waals surface area contributed by atoms with Gasteiger partial charge in [0.05, 0.1) is 12.7 Å². The van der Waals surface area contributed by atoms with Crippen LogP contribution in [0.1, 0.15) is 58.3 Å². The zero-order valence-corrected chi connectivity index (χ0v) is 17.6. The Hall–Kier alpha value is -1.00. The van der Waals surface area contributed by atoms with Crippen molar-refractivity contribution in [1.29, 1.82) is 0 Å². The van der Waals surface area contributed by atoms with E-state index in [2.05, 4.69) is 19.1 Å². The van der Waals surface area contributed by atoms with Gasteiger partial charge in [-0.05, 0) is 25.7 Å². The SMILES string of the molecule is CCCC/C=C/CCOC1CCN(S(=O)(=O)C2(C(=O)NO)CCOCC2)CC1. The molecule has 2 saturated heterocycles. The molecule has 2 aliphatic heterocycles. The van der Waals surface area contributed by atoms with Crippen LogP contribution in [0.4, 0.5) is 0 Å². The zero-order valence-electron chi connectivity index (χ0n) is 16.8. The van der Waals surface area contributed by atoms with Gasteiger partial charge in [0.1, 0.15) is 0 Å². The largest absolute Gasteiger partial charge is 0.381 e. The highest BCUT2D eigenvalue weighted by molar-refractivity contribution is 7.91. The number of rotatable bonds is 10. The minimum absolute atomic E-state index is 0.0350. The van der Waals surface area contributed by atoms with Crippen LogP contribution in [-0.2, 0) is 24.3 Å². The first-order valence-electron chi connectivity index (χ1n) is 10.3. The van der Waals surface area contributed by atoms with E-state index in [1.165, 1.54) is 17.1 Å². The summed E-state index contributed by atoms with van der Waals surface area (Å²) in [7, 11) is -3.90. The summed E-state index contributed by atoms with van der Waals surface area (Å²) in [5.74, 6) is -0.871. The molecule has 28 heavy (non-hydrogen) atoms. The van der Waals surface area contributed by atoms with Crippen LogP contribution in [0.5, 0.6) is 0 Å². The maximum absolute atomic E-state index is 13.2. The molecule has 0 spiro atoms. The van der Waals surface area contributed by atoms with Crippen molar-refractivity contribution < 1.29 is 27.9 Å². The van der Waals surface area contributed by atoms with Crippen LogP contribution >= 0.6 is 0 Å². The number of allylic oxidation sites excluding steroid dienone is 1. The number of unbranched alkanes of at least 4 members (excludes halogenated alkanes) is 2. The minimum Gasteiger partial charge on any atom is -0.381 e. The molecule has 0 aromatic rings. The molecule has 0 aromatic heterocycles. The lowest BCUT2D eigenvalue weighted by Crippen LogP contribution is -2.60. The molecule has 0 aliphatic carbocycles. The average molecular weight is 419 g/mol. The van der Waals surface area contributed by atoms with E-state index in [1.807, 2.05) is 0 Å². The fourth-order valence-corrected chi connectivity index (χ4v) is 5.90. The van der Waals surface area contributed by atoms with Crippen molar-refractivity contribution in [3.8, 4) is 0 Å². The maximum Gasteiger partial charge on any atom is 0.266 e. The summed E-state index contributed by atoms with van der Waals surface area (Å²) in [5.41, 5.74) is 1.55. The third kappa shape index (κ3) is 5.54. The van der Waals surface area contributed by atoms with Gasteiger partial charge >= 0.3 is 0 Å². The molecule has 0 aromatic carbocycles. The molecule has 0 radical (unpaired) electrons. The highest BCUT2D eigenvalue weighted by Crippen LogP contribution is 2.34. The first-order chi connectivity index (χ1) is 13.5. The minimum atomic E-state index is -3.90. The summed E-state index contributed by atoms with van der Waals surface area (Å²) in [4.78, 5) is 12.3. The number of hydrogen-bond acceptors (Lipinski definition) is 6. The fraction of sp³-hybridized carbons (Fsp3) is 0.842. The highest BCUT2D eigenvalue weighted by atomic mass is 32.2. The van der Waals surface area contributed by atoms with E-state index in [4.69, 9.17) is 14.7 Å². The van der Waals surface area contributed by atoms with Crippen LogP contribution in [0.15, 0.2) is 12.2 Å². The van der Waals surface area contributed by atoms with Crippen molar-refractivity contribution in [3.63, 3.8) is 0 Å². The lowest BCUT2D eigenvalue weighted by molar-refractivity contribution is -0.134. The number of hydroxylamine groups is 1. The van der Waals surface area contributed by atoms with E-state index >= 15 is 0 Å². The molecule has 2 fully saturated rings. The van der Waals surface area contributed by atoms with E-state index in [0.29, 0.717) is 32.5 Å². The second kappa shape index (κ2) is 11.3. The van der Waals surface area contributed by atoms with Crippen molar-refractivity contribution in [3.05, 3.63) is 12.2 Å². The van der Waals surface area contributed by atoms with E-state index < -0.39 is 20.7 Å². The monoisotopic (exact) mass is 418 g/mol. The first kappa shape index (κ1) is 23.3. The Morgan fingerprint density at radius 2 is 1.89 bits per heavy atom. The van der Waals surface area contributed by atoms with Gasteiger partial charge in [0.25, 0.3) is 5.91 Å². The van der Waals surface area contributed by atoms with Crippen LogP contribution in [0.3, 0.4) is 0 Å². The Bertz CT molecular complexity index is 608. The topological polar surface area (TPSA) is 105 Å². The molecule has 8 nitrogen and oxygen atoms in total. The van der Waals surface area contributed by atoms with Gasteiger partial charge in [-0.2, -0.15) is 0 Å². The number of piperidine rings is 1. The summed E-state index contributed by atoms with van der Waals surface area (Å²) in [6.45, 7) is 3.80. The molecule has 0 atom stereocenters. The van der Waals surface area contributed by atoms with Crippen molar-refractivity contribution in [2.45, 2.75) is 69.1 Å². The second-order valence-electron chi connectivity index (χ2n) is 7.42. The van der Waals surface area contributed by atoms with E-state index in [1.54, 1.807) is 5.48 Å². The summed E-state index contributed by atoms with van der Waals surface area (Å²) in [6.07, 6.45) is 10.0. The lowest BCUT2D eigenvalue weighted by atomic mass is 9.98. The van der Waals surface area contributed by atoms with Crippen LogP contribution in [0, 0.1) is 0 Å². The number of amides is 1. The zero-order chi connectivity index (χ0) is 20.5. The molecule has 9 heteroatoms. The van der Waals surface area contributed by atoms with Gasteiger partial charge < -0.3 is 9.47 Å². The van der Waals surface area contributed by atoms with Gasteiger partial charge in [-0.25, -0.2) is 18.2 Å². The molecule has 162 valence electrons. The van der Waals surface area contributed by atoms with Crippen LogP contribution in [-0.4, -0.2) is 67.6 Å². The predicted molar refractivity (Wildman–Crippen MR) is 105 cm³/mol. The molecular formula is C19H34N2O6S. The first-order valence-corrected chi connectivity index (χ1v) is 11.7. The molecule has 2 N–H and O–H groups in total. The Morgan fingerprint density at radius 1 is 1.25 bits per heavy atom. The molecule has 2 aliphatic rings. The van der Waals surface area contributed by atoms with Crippen molar-refractivity contribution >= 4 is 15.9 Å². The lowest BCUT2D eigenvalue weighted by Gasteiger charge is -2.40. The quantitative estimate of drug-likeness (QED) is 0.243. The third-order valence-electron chi connectivity index (χ3n) is 5.58. The van der Waals surface area contributed by atoms with Crippen LogP contribution in [0.2, 0.25) is 0 Å². The summed E-state index contributed by atoms with van der Waals surface area (Å²) in [5, 5.41) is 9.10. The predicted octanol–water partition coefficient (Wildman–Crippen LogP) is 1.99. The number of carbonyl (C=O) groups is 1.